The summed E-state index contributed by atoms with van der Waals surface area (Å²) >= 11 is 0. The van der Waals surface area contributed by atoms with Gasteiger partial charge in [-0.15, -0.1) is 0 Å². The Labute approximate surface area is 139 Å². The fourth-order valence-corrected chi connectivity index (χ4v) is 2.66. The van der Waals surface area contributed by atoms with Crippen molar-refractivity contribution in [3.05, 3.63) is 60.2 Å². The van der Waals surface area contributed by atoms with Crippen LogP contribution in [0.3, 0.4) is 0 Å². The minimum Gasteiger partial charge on any atom is -0.479 e. The Morgan fingerprint density at radius 1 is 0.958 bits per heavy atom. The molecule has 1 fully saturated rings. The van der Waals surface area contributed by atoms with Gasteiger partial charge in [0.2, 0.25) is 0 Å². The van der Waals surface area contributed by atoms with Crippen molar-refractivity contribution in [1.29, 1.82) is 0 Å². The van der Waals surface area contributed by atoms with Gasteiger partial charge < -0.3 is 19.5 Å². The van der Waals surface area contributed by atoms with Gasteiger partial charge in [-0.3, -0.25) is 0 Å². The van der Waals surface area contributed by atoms with Crippen LogP contribution in [0.5, 0.6) is 11.5 Å². The van der Waals surface area contributed by atoms with Crippen molar-refractivity contribution in [2.75, 3.05) is 19.7 Å². The fourth-order valence-electron chi connectivity index (χ4n) is 2.66. The minimum atomic E-state index is -2.91. The number of halogens is 2. The van der Waals surface area contributed by atoms with E-state index >= 15 is 0 Å². The zero-order chi connectivity index (χ0) is 16.8. The Bertz CT molecular complexity index is 633. The fraction of sp³-hybridized carbons (Fsp3) is 0.333. The SMILES string of the molecule is FC(F)Oc1ccccc1O[C@@H](c1ccccc1)[C@H]1CNCCO1. The molecule has 0 saturated carbocycles. The molecule has 2 aromatic carbocycles. The van der Waals surface area contributed by atoms with E-state index < -0.39 is 12.7 Å². The molecule has 0 aromatic heterocycles. The minimum absolute atomic E-state index is 0.0113. The average molecular weight is 335 g/mol. The lowest BCUT2D eigenvalue weighted by Crippen LogP contribution is -2.43. The van der Waals surface area contributed by atoms with Crippen LogP contribution in [0.15, 0.2) is 54.6 Å². The number of para-hydroxylation sites is 2. The number of ether oxygens (including phenoxy) is 3. The highest BCUT2D eigenvalue weighted by Crippen LogP contribution is 2.34. The molecule has 0 amide bonds. The molecular weight excluding hydrogens is 316 g/mol. The lowest BCUT2D eigenvalue weighted by Gasteiger charge is -2.32. The summed E-state index contributed by atoms with van der Waals surface area (Å²) < 4.78 is 41.6. The van der Waals surface area contributed by atoms with Gasteiger partial charge in [-0.05, 0) is 17.7 Å². The molecule has 0 spiro atoms. The highest BCUT2D eigenvalue weighted by Gasteiger charge is 2.28. The van der Waals surface area contributed by atoms with E-state index in [-0.39, 0.29) is 17.6 Å². The molecule has 0 unspecified atom stereocenters. The topological polar surface area (TPSA) is 39.7 Å². The zero-order valence-electron chi connectivity index (χ0n) is 13.0. The molecule has 24 heavy (non-hydrogen) atoms. The van der Waals surface area contributed by atoms with Crippen molar-refractivity contribution in [3.8, 4) is 11.5 Å². The molecule has 6 heteroatoms. The zero-order valence-corrected chi connectivity index (χ0v) is 13.0. The second kappa shape index (κ2) is 8.08. The summed E-state index contributed by atoms with van der Waals surface area (Å²) in [6, 6.07) is 16.0. The van der Waals surface area contributed by atoms with Crippen molar-refractivity contribution < 1.29 is 23.0 Å². The van der Waals surface area contributed by atoms with Crippen molar-refractivity contribution >= 4 is 0 Å². The van der Waals surface area contributed by atoms with Crippen LogP contribution in [0, 0.1) is 0 Å². The van der Waals surface area contributed by atoms with Crippen LogP contribution < -0.4 is 14.8 Å². The monoisotopic (exact) mass is 335 g/mol. The third kappa shape index (κ3) is 4.21. The smallest absolute Gasteiger partial charge is 0.387 e. The number of rotatable bonds is 6. The summed E-state index contributed by atoms with van der Waals surface area (Å²) in [6.45, 7) is -0.926. The molecule has 4 nitrogen and oxygen atoms in total. The van der Waals surface area contributed by atoms with Crippen LogP contribution in [-0.2, 0) is 4.74 Å². The Morgan fingerprint density at radius 2 is 1.62 bits per heavy atom. The van der Waals surface area contributed by atoms with Gasteiger partial charge >= 0.3 is 6.61 Å². The largest absolute Gasteiger partial charge is 0.479 e. The van der Waals surface area contributed by atoms with Crippen LogP contribution in [0.1, 0.15) is 11.7 Å². The van der Waals surface area contributed by atoms with Gasteiger partial charge in [-0.25, -0.2) is 0 Å². The van der Waals surface area contributed by atoms with E-state index in [4.69, 9.17) is 9.47 Å². The third-order valence-corrected chi connectivity index (χ3v) is 3.74. The van der Waals surface area contributed by atoms with E-state index in [0.29, 0.717) is 13.2 Å². The maximum atomic E-state index is 12.6. The lowest BCUT2D eigenvalue weighted by molar-refractivity contribution is -0.0598. The normalized spacial score (nSPS) is 19.0. The van der Waals surface area contributed by atoms with Crippen molar-refractivity contribution in [2.24, 2.45) is 0 Å². The highest BCUT2D eigenvalue weighted by atomic mass is 19.3. The van der Waals surface area contributed by atoms with E-state index in [1.807, 2.05) is 30.3 Å². The number of hydrogen-bond acceptors (Lipinski definition) is 4. The second-order valence-corrected chi connectivity index (χ2v) is 5.39. The molecule has 2 atom stereocenters. The molecule has 3 rings (SSSR count). The lowest BCUT2D eigenvalue weighted by atomic mass is 10.0. The predicted octanol–water partition coefficient (Wildman–Crippen LogP) is 3.40. The molecule has 0 radical (unpaired) electrons. The van der Waals surface area contributed by atoms with Crippen LogP contribution in [0.2, 0.25) is 0 Å². The van der Waals surface area contributed by atoms with Gasteiger partial charge in [0.1, 0.15) is 6.10 Å². The van der Waals surface area contributed by atoms with Crippen molar-refractivity contribution in [1.82, 2.24) is 5.32 Å². The number of morpholine rings is 1. The van der Waals surface area contributed by atoms with Crippen molar-refractivity contribution in [3.63, 3.8) is 0 Å². The van der Waals surface area contributed by atoms with Crippen molar-refractivity contribution in [2.45, 2.75) is 18.8 Å². The summed E-state index contributed by atoms with van der Waals surface area (Å²) in [5.41, 5.74) is 0.915. The first-order chi connectivity index (χ1) is 11.7. The van der Waals surface area contributed by atoms with Gasteiger partial charge in [-0.2, -0.15) is 8.78 Å². The van der Waals surface area contributed by atoms with Crippen LogP contribution in [0.4, 0.5) is 8.78 Å². The van der Waals surface area contributed by atoms with Gasteiger partial charge in [0, 0.05) is 13.1 Å². The van der Waals surface area contributed by atoms with Crippen LogP contribution in [0.25, 0.3) is 0 Å². The van der Waals surface area contributed by atoms with E-state index in [1.54, 1.807) is 18.2 Å². The predicted molar refractivity (Wildman–Crippen MR) is 85.5 cm³/mol. The number of nitrogens with one attached hydrogen (secondary N) is 1. The number of alkyl halides is 2. The van der Waals surface area contributed by atoms with Gasteiger partial charge in [-0.1, -0.05) is 42.5 Å². The highest BCUT2D eigenvalue weighted by molar-refractivity contribution is 5.40. The first-order valence-corrected chi connectivity index (χ1v) is 7.82. The quantitative estimate of drug-likeness (QED) is 0.878. The molecule has 1 aliphatic heterocycles. The first kappa shape index (κ1) is 16.7. The molecular formula is C18H19F2NO3. The average Bonchev–Trinajstić information content (AvgIpc) is 2.62. The van der Waals surface area contributed by atoms with Gasteiger partial charge in [0.05, 0.1) is 6.61 Å². The van der Waals surface area contributed by atoms with E-state index in [9.17, 15) is 8.78 Å². The van der Waals surface area contributed by atoms with Gasteiger partial charge in [0.15, 0.2) is 17.6 Å². The Balaban J connectivity index is 1.87. The summed E-state index contributed by atoms with van der Waals surface area (Å²) in [6.07, 6.45) is -0.651. The molecule has 0 bridgehead atoms. The summed E-state index contributed by atoms with van der Waals surface area (Å²) in [5.74, 6) is 0.276. The van der Waals surface area contributed by atoms with Crippen LogP contribution >= 0.6 is 0 Å². The Morgan fingerprint density at radius 3 is 2.25 bits per heavy atom. The van der Waals surface area contributed by atoms with Crippen LogP contribution in [-0.4, -0.2) is 32.4 Å². The maximum Gasteiger partial charge on any atom is 0.387 e. The summed E-state index contributed by atoms with van der Waals surface area (Å²) in [4.78, 5) is 0. The molecule has 1 aliphatic rings. The first-order valence-electron chi connectivity index (χ1n) is 7.82. The number of hydrogen-bond donors (Lipinski definition) is 1. The molecule has 0 aliphatic carbocycles. The molecule has 1 saturated heterocycles. The van der Waals surface area contributed by atoms with E-state index in [0.717, 1.165) is 12.1 Å². The molecule has 1 heterocycles. The molecule has 1 N–H and O–H groups in total. The second-order valence-electron chi connectivity index (χ2n) is 5.39. The molecule has 2 aromatic rings. The third-order valence-electron chi connectivity index (χ3n) is 3.74. The number of benzene rings is 2. The van der Waals surface area contributed by atoms with E-state index in [1.165, 1.54) is 6.07 Å². The maximum absolute atomic E-state index is 12.6. The summed E-state index contributed by atoms with van der Waals surface area (Å²) in [7, 11) is 0. The van der Waals surface area contributed by atoms with Gasteiger partial charge in [0.25, 0.3) is 0 Å². The summed E-state index contributed by atoms with van der Waals surface area (Å²) in [5, 5.41) is 3.26. The standard InChI is InChI=1S/C18H19F2NO3/c19-18(20)24-15-9-5-4-8-14(15)23-17(13-6-2-1-3-7-13)16-12-21-10-11-22-16/h1-9,16-18,21H,10-12H2/t16-,17+/m1/s1. The molecule has 128 valence electrons. The Hall–Kier alpha value is -2.18. The van der Waals surface area contributed by atoms with E-state index in [2.05, 4.69) is 10.1 Å². The Kier molecular flexibility index (Phi) is 5.61.